The summed E-state index contributed by atoms with van der Waals surface area (Å²) in [4.78, 5) is 34.6. The van der Waals surface area contributed by atoms with Gasteiger partial charge in [0.1, 0.15) is 35.1 Å². The van der Waals surface area contributed by atoms with Crippen LogP contribution in [0.4, 0.5) is 0 Å². The number of likely N-dealkylation sites (tertiary alicyclic amines) is 1. The lowest BCUT2D eigenvalue weighted by Crippen LogP contribution is -2.65. The maximum atomic E-state index is 11.7. The number of carbonyl (C=O) groups excluding carboxylic acids is 1. The summed E-state index contributed by atoms with van der Waals surface area (Å²) in [5, 5.41) is 15.3. The number of aryl methyl sites for hydroxylation is 1. The van der Waals surface area contributed by atoms with E-state index in [-0.39, 0.29) is 17.4 Å². The van der Waals surface area contributed by atoms with Gasteiger partial charge < -0.3 is 9.72 Å². The van der Waals surface area contributed by atoms with Gasteiger partial charge >= 0.3 is 0 Å². The summed E-state index contributed by atoms with van der Waals surface area (Å²) < 4.78 is 8.09. The molecule has 194 valence electrons. The number of rotatable bonds is 7. The van der Waals surface area contributed by atoms with Crippen molar-refractivity contribution in [1.29, 1.82) is 5.26 Å². The summed E-state index contributed by atoms with van der Waals surface area (Å²) in [6.45, 7) is 4.84. The molecule has 0 unspecified atom stereocenters. The molecule has 11 heteroatoms. The number of Topliss-reactive ketones (excluding diaryl/α,β-unsaturated/α-hetero) is 1. The van der Waals surface area contributed by atoms with Gasteiger partial charge in [0.15, 0.2) is 5.78 Å². The molecule has 0 amide bonds. The summed E-state index contributed by atoms with van der Waals surface area (Å²) in [6, 6.07) is 6.42. The van der Waals surface area contributed by atoms with E-state index in [9.17, 15) is 10.1 Å². The summed E-state index contributed by atoms with van der Waals surface area (Å²) >= 11 is 0. The van der Waals surface area contributed by atoms with Crippen molar-refractivity contribution in [3.63, 3.8) is 0 Å². The van der Waals surface area contributed by atoms with Gasteiger partial charge in [-0.1, -0.05) is 0 Å². The number of aromatic amines is 1. The summed E-state index contributed by atoms with van der Waals surface area (Å²) in [5.74, 6) is 0.912. The van der Waals surface area contributed by atoms with Gasteiger partial charge in [-0.3, -0.25) is 14.4 Å². The topological polar surface area (TPSA) is 138 Å². The predicted molar refractivity (Wildman–Crippen MR) is 138 cm³/mol. The summed E-state index contributed by atoms with van der Waals surface area (Å²) in [6.07, 6.45) is 11.5. The fourth-order valence-corrected chi connectivity index (χ4v) is 5.74. The van der Waals surface area contributed by atoms with E-state index < -0.39 is 0 Å². The van der Waals surface area contributed by atoms with Crippen LogP contribution in [-0.2, 0) is 5.54 Å². The van der Waals surface area contributed by atoms with E-state index in [4.69, 9.17) is 4.74 Å². The second-order valence-corrected chi connectivity index (χ2v) is 10.3. The summed E-state index contributed by atoms with van der Waals surface area (Å²) in [7, 11) is 0. The maximum absolute atomic E-state index is 11.7. The van der Waals surface area contributed by atoms with Crippen LogP contribution in [0.25, 0.3) is 22.3 Å². The molecule has 38 heavy (non-hydrogen) atoms. The maximum Gasteiger partial charge on any atom is 0.217 e. The fourth-order valence-electron chi connectivity index (χ4n) is 5.74. The predicted octanol–water partition coefficient (Wildman–Crippen LogP) is 3.44. The van der Waals surface area contributed by atoms with Crippen LogP contribution in [-0.4, -0.2) is 70.6 Å². The van der Waals surface area contributed by atoms with E-state index in [0.717, 1.165) is 61.1 Å². The second-order valence-electron chi connectivity index (χ2n) is 10.3. The lowest BCUT2D eigenvalue weighted by molar-refractivity contribution is -0.0445. The van der Waals surface area contributed by atoms with Crippen LogP contribution in [0.2, 0.25) is 0 Å². The van der Waals surface area contributed by atoms with Gasteiger partial charge in [-0.25, -0.2) is 15.0 Å². The van der Waals surface area contributed by atoms with Crippen molar-refractivity contribution >= 4 is 16.8 Å². The standard InChI is InChI=1S/C27H29N9O2/c1-17(37)23-11-24(34-18(2)33-23)38-21-5-3-20(4-6-21)35-14-27(15-35,8-9-28)36-13-19(12-32-36)25-22-7-10-29-26(22)31-16-30-25/h7,10-13,16,20-21H,3-6,8,14-15H2,1-2H3,(H,29,30,31)/t20-,21-. The molecule has 2 fully saturated rings. The van der Waals surface area contributed by atoms with Gasteiger partial charge in [0.05, 0.1) is 24.4 Å². The molecule has 1 N–H and O–H groups in total. The molecule has 1 saturated carbocycles. The number of ketones is 1. The largest absolute Gasteiger partial charge is 0.474 e. The Hall–Kier alpha value is -4.17. The Morgan fingerprint density at radius 2 is 2.05 bits per heavy atom. The highest BCUT2D eigenvalue weighted by Gasteiger charge is 2.48. The first-order chi connectivity index (χ1) is 18.4. The Morgan fingerprint density at radius 3 is 2.82 bits per heavy atom. The van der Waals surface area contributed by atoms with Crippen LogP contribution in [0.3, 0.4) is 0 Å². The molecular formula is C27H29N9O2. The molecule has 1 saturated heterocycles. The van der Waals surface area contributed by atoms with Gasteiger partial charge in [-0.15, -0.1) is 0 Å². The average Bonchev–Trinajstić information content (AvgIpc) is 3.56. The summed E-state index contributed by atoms with van der Waals surface area (Å²) in [5.41, 5.74) is 2.58. The zero-order valence-corrected chi connectivity index (χ0v) is 21.5. The smallest absolute Gasteiger partial charge is 0.217 e. The third-order valence-corrected chi connectivity index (χ3v) is 7.72. The number of nitrogens with one attached hydrogen (secondary N) is 1. The van der Waals surface area contributed by atoms with Gasteiger partial charge in [0.2, 0.25) is 5.88 Å². The molecule has 0 radical (unpaired) electrons. The van der Waals surface area contributed by atoms with Gasteiger partial charge in [0, 0.05) is 55.5 Å². The van der Waals surface area contributed by atoms with Gasteiger partial charge in [0.25, 0.3) is 0 Å². The number of carbonyl (C=O) groups is 1. The minimum Gasteiger partial charge on any atom is -0.474 e. The molecule has 0 atom stereocenters. The zero-order valence-electron chi connectivity index (χ0n) is 21.5. The van der Waals surface area contributed by atoms with Crippen LogP contribution >= 0.6 is 0 Å². The molecule has 4 aromatic rings. The number of nitriles is 1. The third kappa shape index (κ3) is 4.41. The molecule has 0 spiro atoms. The highest BCUT2D eigenvalue weighted by Crippen LogP contribution is 2.38. The molecule has 2 aliphatic rings. The quantitative estimate of drug-likeness (QED) is 0.370. The molecule has 4 aromatic heterocycles. The van der Waals surface area contributed by atoms with Crippen molar-refractivity contribution in [3.8, 4) is 23.2 Å². The number of H-pyrrole nitrogens is 1. The number of ether oxygens (including phenoxy) is 1. The third-order valence-electron chi connectivity index (χ3n) is 7.72. The van der Waals surface area contributed by atoms with E-state index >= 15 is 0 Å². The van der Waals surface area contributed by atoms with Crippen LogP contribution in [0, 0.1) is 18.3 Å². The highest BCUT2D eigenvalue weighted by molar-refractivity contribution is 5.92. The first kappa shape index (κ1) is 24.2. The minimum atomic E-state index is -0.341. The number of aromatic nitrogens is 7. The lowest BCUT2D eigenvalue weighted by Gasteiger charge is -2.53. The molecule has 0 bridgehead atoms. The van der Waals surface area contributed by atoms with Gasteiger partial charge in [-0.2, -0.15) is 15.3 Å². The Bertz CT molecular complexity index is 1520. The van der Waals surface area contributed by atoms with Crippen LogP contribution < -0.4 is 4.74 Å². The van der Waals surface area contributed by atoms with Crippen molar-refractivity contribution in [2.45, 2.75) is 63.6 Å². The Balaban J connectivity index is 1.10. The van der Waals surface area contributed by atoms with E-state index in [1.165, 1.54) is 6.92 Å². The van der Waals surface area contributed by atoms with Crippen molar-refractivity contribution in [1.82, 2.24) is 39.6 Å². The Morgan fingerprint density at radius 1 is 1.24 bits per heavy atom. The second kappa shape index (κ2) is 9.61. The van der Waals surface area contributed by atoms with E-state index in [1.807, 2.05) is 29.3 Å². The van der Waals surface area contributed by atoms with Crippen LogP contribution in [0.1, 0.15) is 55.3 Å². The van der Waals surface area contributed by atoms with Crippen molar-refractivity contribution in [2.24, 2.45) is 0 Å². The number of fused-ring (bicyclic) bond motifs is 1. The first-order valence-electron chi connectivity index (χ1n) is 12.9. The first-order valence-corrected chi connectivity index (χ1v) is 12.9. The fraction of sp³-hybridized carbons (Fsp3) is 0.444. The highest BCUT2D eigenvalue weighted by atomic mass is 16.5. The van der Waals surface area contributed by atoms with E-state index in [2.05, 4.69) is 41.0 Å². The molecule has 6 rings (SSSR count). The number of hydrogen-bond acceptors (Lipinski definition) is 9. The monoisotopic (exact) mass is 511 g/mol. The van der Waals surface area contributed by atoms with Crippen molar-refractivity contribution in [3.05, 3.63) is 48.6 Å². The average molecular weight is 512 g/mol. The normalized spacial score (nSPS) is 21.1. The Kier molecular flexibility index (Phi) is 6.12. The molecule has 0 aromatic carbocycles. The lowest BCUT2D eigenvalue weighted by atomic mass is 9.82. The number of hydrogen-bond donors (Lipinski definition) is 1. The van der Waals surface area contributed by atoms with Crippen molar-refractivity contribution < 1.29 is 9.53 Å². The van der Waals surface area contributed by atoms with Crippen LogP contribution in [0.15, 0.2) is 37.1 Å². The molecule has 11 nitrogen and oxygen atoms in total. The molecule has 1 aliphatic carbocycles. The molecule has 5 heterocycles. The molecular weight excluding hydrogens is 482 g/mol. The van der Waals surface area contributed by atoms with Crippen molar-refractivity contribution in [2.75, 3.05) is 13.1 Å². The van der Waals surface area contributed by atoms with Crippen LogP contribution in [0.5, 0.6) is 5.88 Å². The number of nitrogens with zero attached hydrogens (tertiary/aromatic N) is 8. The zero-order chi connectivity index (χ0) is 26.3. The van der Waals surface area contributed by atoms with E-state index in [0.29, 0.717) is 29.9 Å². The van der Waals surface area contributed by atoms with E-state index in [1.54, 1.807) is 19.3 Å². The Labute approximate surface area is 219 Å². The minimum absolute atomic E-state index is 0.0669. The molecule has 1 aliphatic heterocycles. The van der Waals surface area contributed by atoms with Gasteiger partial charge in [-0.05, 0) is 38.7 Å². The SMILES string of the molecule is CC(=O)c1cc(O[C@H]2CC[C@H](N3CC(CC#N)(n4cc(-c5ncnc6[nH]ccc56)cn4)C3)CC2)nc(C)n1.